The average molecular weight is 420 g/mol. The third kappa shape index (κ3) is 5.36. The summed E-state index contributed by atoms with van der Waals surface area (Å²) in [4.78, 5) is 27.9. The minimum atomic E-state index is -3.58. The number of nitrogens with one attached hydrogen (secondary N) is 2. The lowest BCUT2D eigenvalue weighted by Gasteiger charge is -2.31. The molecule has 3 rings (SSSR count). The van der Waals surface area contributed by atoms with Gasteiger partial charge in [-0.15, -0.1) is 0 Å². The molecule has 2 N–H and O–H groups in total. The molecule has 0 saturated carbocycles. The summed E-state index contributed by atoms with van der Waals surface area (Å²) in [5.41, 5.74) is 0.320. The first-order valence-corrected chi connectivity index (χ1v) is 10.5. The van der Waals surface area contributed by atoms with Crippen molar-refractivity contribution >= 4 is 27.5 Å². The van der Waals surface area contributed by atoms with Crippen LogP contribution >= 0.6 is 0 Å². The second-order valence-corrected chi connectivity index (χ2v) is 8.65. The molecule has 0 spiro atoms. The van der Waals surface area contributed by atoms with Crippen molar-refractivity contribution in [3.05, 3.63) is 54.6 Å². The zero-order chi connectivity index (χ0) is 20.9. The summed E-state index contributed by atoms with van der Waals surface area (Å²) in [5, 5.41) is 4.96. The van der Waals surface area contributed by atoms with E-state index in [1.165, 1.54) is 47.0 Å². The Labute approximate surface area is 168 Å². The van der Waals surface area contributed by atoms with Crippen molar-refractivity contribution in [3.8, 4) is 0 Å². The fraction of sp³-hybridized carbons (Fsp3) is 0.316. The molecule has 8 nitrogen and oxygen atoms in total. The standard InChI is InChI=1S/C19H21FN4O4S/c20-15-3-5-16(6-4-15)23-19(26)18(25)22-12-14-7-10-24(11-8-14)29(27,28)17-2-1-9-21-13-17/h1-6,9,13-14H,7-8,10-12H2,(H,22,25)(H,23,26). The van der Waals surface area contributed by atoms with E-state index < -0.39 is 27.7 Å². The van der Waals surface area contributed by atoms with Crippen LogP contribution in [-0.4, -0.2) is 49.2 Å². The van der Waals surface area contributed by atoms with Gasteiger partial charge in [0.15, 0.2) is 0 Å². The quantitative estimate of drug-likeness (QED) is 0.711. The molecule has 29 heavy (non-hydrogen) atoms. The number of halogens is 1. The molecule has 0 unspecified atom stereocenters. The fourth-order valence-corrected chi connectivity index (χ4v) is 4.48. The highest BCUT2D eigenvalue weighted by Crippen LogP contribution is 2.23. The Morgan fingerprint density at radius 2 is 1.79 bits per heavy atom. The van der Waals surface area contributed by atoms with Gasteiger partial charge >= 0.3 is 11.8 Å². The number of hydrogen-bond acceptors (Lipinski definition) is 5. The number of piperidine rings is 1. The first kappa shape index (κ1) is 20.9. The van der Waals surface area contributed by atoms with Gasteiger partial charge in [0, 0.05) is 37.7 Å². The molecule has 1 saturated heterocycles. The lowest BCUT2D eigenvalue weighted by Crippen LogP contribution is -2.43. The number of sulfonamides is 1. The summed E-state index contributed by atoms with van der Waals surface area (Å²) < 4.78 is 39.4. The molecule has 0 aliphatic carbocycles. The maximum absolute atomic E-state index is 12.9. The fourth-order valence-electron chi connectivity index (χ4n) is 3.04. The minimum absolute atomic E-state index is 0.0675. The SMILES string of the molecule is O=C(NCC1CCN(S(=O)(=O)c2cccnc2)CC1)C(=O)Nc1ccc(F)cc1. The van der Waals surface area contributed by atoms with Crippen LogP contribution in [0.15, 0.2) is 53.7 Å². The number of benzene rings is 1. The molecule has 0 atom stereocenters. The predicted octanol–water partition coefficient (Wildman–Crippen LogP) is 1.38. The summed E-state index contributed by atoms with van der Waals surface area (Å²) in [5.74, 6) is -2.00. The number of carbonyl (C=O) groups is 2. The van der Waals surface area contributed by atoms with E-state index in [4.69, 9.17) is 0 Å². The number of pyridine rings is 1. The Morgan fingerprint density at radius 3 is 2.41 bits per heavy atom. The molecule has 2 aromatic rings. The Morgan fingerprint density at radius 1 is 1.10 bits per heavy atom. The zero-order valence-electron chi connectivity index (χ0n) is 15.5. The van der Waals surface area contributed by atoms with E-state index in [0.717, 1.165) is 0 Å². The molecule has 0 radical (unpaired) electrons. The van der Waals surface area contributed by atoms with Gasteiger partial charge in [-0.25, -0.2) is 12.8 Å². The van der Waals surface area contributed by atoms with E-state index >= 15 is 0 Å². The molecular formula is C19H21FN4O4S. The van der Waals surface area contributed by atoms with Gasteiger partial charge in [0.2, 0.25) is 10.0 Å². The summed E-state index contributed by atoms with van der Waals surface area (Å²) in [6.07, 6.45) is 3.97. The van der Waals surface area contributed by atoms with Crippen LogP contribution in [0.3, 0.4) is 0 Å². The lowest BCUT2D eigenvalue weighted by molar-refractivity contribution is -0.136. The Balaban J connectivity index is 1.45. The van der Waals surface area contributed by atoms with Crippen molar-refractivity contribution in [2.75, 3.05) is 25.0 Å². The van der Waals surface area contributed by atoms with E-state index in [2.05, 4.69) is 15.6 Å². The summed E-state index contributed by atoms with van der Waals surface area (Å²) in [6, 6.07) is 8.17. The van der Waals surface area contributed by atoms with Crippen molar-refractivity contribution in [2.45, 2.75) is 17.7 Å². The normalized spacial score (nSPS) is 15.6. The molecule has 0 bridgehead atoms. The number of hydrogen-bond donors (Lipinski definition) is 2. The van der Waals surface area contributed by atoms with Gasteiger partial charge in [-0.1, -0.05) is 0 Å². The first-order chi connectivity index (χ1) is 13.9. The van der Waals surface area contributed by atoms with E-state index in [-0.39, 0.29) is 17.4 Å². The monoisotopic (exact) mass is 420 g/mol. The van der Waals surface area contributed by atoms with Gasteiger partial charge < -0.3 is 10.6 Å². The van der Waals surface area contributed by atoms with Crippen LogP contribution in [-0.2, 0) is 19.6 Å². The van der Waals surface area contributed by atoms with E-state index in [9.17, 15) is 22.4 Å². The molecule has 2 amide bonds. The number of amides is 2. The molecule has 1 aromatic heterocycles. The van der Waals surface area contributed by atoms with Crippen molar-refractivity contribution in [1.29, 1.82) is 0 Å². The van der Waals surface area contributed by atoms with Crippen molar-refractivity contribution < 1.29 is 22.4 Å². The number of carbonyl (C=O) groups excluding carboxylic acids is 2. The summed E-state index contributed by atoms with van der Waals surface area (Å²) in [7, 11) is -3.58. The van der Waals surface area contributed by atoms with E-state index in [0.29, 0.717) is 31.6 Å². The van der Waals surface area contributed by atoms with Gasteiger partial charge in [0.25, 0.3) is 0 Å². The van der Waals surface area contributed by atoms with Gasteiger partial charge in [0.1, 0.15) is 10.7 Å². The van der Waals surface area contributed by atoms with Crippen molar-refractivity contribution in [3.63, 3.8) is 0 Å². The second kappa shape index (κ2) is 9.10. The second-order valence-electron chi connectivity index (χ2n) is 6.71. The largest absolute Gasteiger partial charge is 0.348 e. The predicted molar refractivity (Wildman–Crippen MR) is 104 cm³/mol. The van der Waals surface area contributed by atoms with Gasteiger partial charge in [0.05, 0.1) is 0 Å². The van der Waals surface area contributed by atoms with Crippen LogP contribution in [0.5, 0.6) is 0 Å². The van der Waals surface area contributed by atoms with Crippen LogP contribution in [0.25, 0.3) is 0 Å². The highest BCUT2D eigenvalue weighted by atomic mass is 32.2. The van der Waals surface area contributed by atoms with Crippen LogP contribution < -0.4 is 10.6 Å². The summed E-state index contributed by atoms with van der Waals surface area (Å²) in [6.45, 7) is 0.940. The highest BCUT2D eigenvalue weighted by molar-refractivity contribution is 7.89. The Hall–Kier alpha value is -2.85. The molecule has 1 aliphatic heterocycles. The van der Waals surface area contributed by atoms with Crippen LogP contribution in [0.4, 0.5) is 10.1 Å². The summed E-state index contributed by atoms with van der Waals surface area (Å²) >= 11 is 0. The smallest absolute Gasteiger partial charge is 0.313 e. The van der Waals surface area contributed by atoms with E-state index in [1.807, 2.05) is 0 Å². The number of anilines is 1. The van der Waals surface area contributed by atoms with Gasteiger partial charge in [-0.3, -0.25) is 14.6 Å². The average Bonchev–Trinajstić information content (AvgIpc) is 2.74. The Bertz CT molecular complexity index is 959. The molecule has 1 aliphatic rings. The number of rotatable bonds is 5. The maximum Gasteiger partial charge on any atom is 0.313 e. The van der Waals surface area contributed by atoms with E-state index in [1.54, 1.807) is 6.07 Å². The number of nitrogens with zero attached hydrogens (tertiary/aromatic N) is 2. The minimum Gasteiger partial charge on any atom is -0.348 e. The lowest BCUT2D eigenvalue weighted by atomic mass is 9.98. The number of aromatic nitrogens is 1. The van der Waals surface area contributed by atoms with Crippen molar-refractivity contribution in [2.24, 2.45) is 5.92 Å². The Kier molecular flexibility index (Phi) is 6.55. The zero-order valence-corrected chi connectivity index (χ0v) is 16.4. The topological polar surface area (TPSA) is 108 Å². The highest BCUT2D eigenvalue weighted by Gasteiger charge is 2.29. The van der Waals surface area contributed by atoms with Crippen LogP contribution in [0, 0.1) is 11.7 Å². The molecule has 1 aromatic carbocycles. The maximum atomic E-state index is 12.9. The van der Waals surface area contributed by atoms with Gasteiger partial charge in [-0.05, 0) is 55.2 Å². The third-order valence-electron chi connectivity index (χ3n) is 4.71. The molecule has 10 heteroatoms. The van der Waals surface area contributed by atoms with Crippen LogP contribution in [0.1, 0.15) is 12.8 Å². The molecule has 2 heterocycles. The molecule has 154 valence electrons. The third-order valence-corrected chi connectivity index (χ3v) is 6.59. The molecule has 1 fully saturated rings. The first-order valence-electron chi connectivity index (χ1n) is 9.11. The van der Waals surface area contributed by atoms with Gasteiger partial charge in [-0.2, -0.15) is 4.31 Å². The van der Waals surface area contributed by atoms with Crippen LogP contribution in [0.2, 0.25) is 0 Å². The van der Waals surface area contributed by atoms with Crippen molar-refractivity contribution in [1.82, 2.24) is 14.6 Å². The molecular weight excluding hydrogens is 399 g/mol.